The third-order valence-electron chi connectivity index (χ3n) is 3.97. The molecule has 0 atom stereocenters. The molecule has 26 heavy (non-hydrogen) atoms. The highest BCUT2D eigenvalue weighted by Crippen LogP contribution is 2.28. The molecule has 1 fully saturated rings. The summed E-state index contributed by atoms with van der Waals surface area (Å²) in [6, 6.07) is 4.48. The minimum Gasteiger partial charge on any atom is -0.495 e. The summed E-state index contributed by atoms with van der Waals surface area (Å²) >= 11 is 0. The van der Waals surface area contributed by atoms with Crippen molar-refractivity contribution in [1.82, 2.24) is 9.21 Å². The highest BCUT2D eigenvalue weighted by atomic mass is 32.2. The van der Waals surface area contributed by atoms with Gasteiger partial charge in [0.25, 0.3) is 0 Å². The number of aliphatic carboxylic acids is 1. The number of morpholine rings is 1. The third kappa shape index (κ3) is 4.71. The molecule has 9 nitrogen and oxygen atoms in total. The standard InChI is InChI=1S/C16H22N2O7S/c1-17(11-16(20)21)15(19)10-12-3-4-13(24-2)14(9-12)26(22,23)18-5-7-25-8-6-18/h3-4,9H,5-8,10-11H2,1-2H3,(H,20,21). The fourth-order valence-corrected chi connectivity index (χ4v) is 4.17. The zero-order valence-corrected chi connectivity index (χ0v) is 15.5. The summed E-state index contributed by atoms with van der Waals surface area (Å²) < 4.78 is 37.5. The van der Waals surface area contributed by atoms with Crippen LogP contribution in [0, 0.1) is 0 Å². The fraction of sp³-hybridized carbons (Fsp3) is 0.500. The van der Waals surface area contributed by atoms with E-state index in [4.69, 9.17) is 14.6 Å². The number of hydrogen-bond donors (Lipinski definition) is 1. The van der Waals surface area contributed by atoms with Gasteiger partial charge in [-0.2, -0.15) is 4.31 Å². The SMILES string of the molecule is COc1ccc(CC(=O)N(C)CC(=O)O)cc1S(=O)(=O)N1CCOCC1. The molecule has 1 aromatic carbocycles. The molecule has 1 N–H and O–H groups in total. The van der Waals surface area contributed by atoms with Gasteiger partial charge in [0.15, 0.2) is 0 Å². The third-order valence-corrected chi connectivity index (χ3v) is 5.89. The maximum absolute atomic E-state index is 12.9. The first-order chi connectivity index (χ1) is 12.3. The summed E-state index contributed by atoms with van der Waals surface area (Å²) in [5, 5.41) is 8.76. The molecule has 10 heteroatoms. The molecule has 144 valence electrons. The molecule has 0 aliphatic carbocycles. The Bertz CT molecular complexity index is 773. The fourth-order valence-electron chi connectivity index (χ4n) is 2.56. The molecule has 1 aliphatic heterocycles. The zero-order valence-electron chi connectivity index (χ0n) is 14.7. The maximum Gasteiger partial charge on any atom is 0.323 e. The lowest BCUT2D eigenvalue weighted by molar-refractivity contribution is -0.143. The van der Waals surface area contributed by atoms with Crippen LogP contribution in [0.4, 0.5) is 0 Å². The Morgan fingerprint density at radius 1 is 1.31 bits per heavy atom. The van der Waals surface area contributed by atoms with Crippen molar-refractivity contribution < 1.29 is 32.6 Å². The van der Waals surface area contributed by atoms with Crippen molar-refractivity contribution in [2.24, 2.45) is 0 Å². The number of rotatable bonds is 7. The number of nitrogens with zero attached hydrogens (tertiary/aromatic N) is 2. The van der Waals surface area contributed by atoms with E-state index >= 15 is 0 Å². The Kier molecular flexibility index (Phi) is 6.57. The lowest BCUT2D eigenvalue weighted by Crippen LogP contribution is -2.40. The van der Waals surface area contributed by atoms with Gasteiger partial charge >= 0.3 is 5.97 Å². The van der Waals surface area contributed by atoms with Gasteiger partial charge < -0.3 is 19.5 Å². The number of methoxy groups -OCH3 is 1. The van der Waals surface area contributed by atoms with Gasteiger partial charge in [-0.05, 0) is 17.7 Å². The summed E-state index contributed by atoms with van der Waals surface area (Å²) in [6.07, 6.45) is -0.112. The zero-order chi connectivity index (χ0) is 19.3. The van der Waals surface area contributed by atoms with Gasteiger partial charge in [0.05, 0.1) is 26.7 Å². The molecular weight excluding hydrogens is 364 g/mol. The summed E-state index contributed by atoms with van der Waals surface area (Å²) in [5.41, 5.74) is 0.458. The summed E-state index contributed by atoms with van der Waals surface area (Å²) in [4.78, 5) is 23.9. The molecule has 1 aliphatic rings. The van der Waals surface area contributed by atoms with E-state index in [1.54, 1.807) is 6.07 Å². The van der Waals surface area contributed by atoms with Gasteiger partial charge in [-0.3, -0.25) is 9.59 Å². The van der Waals surface area contributed by atoms with Crippen LogP contribution in [0.2, 0.25) is 0 Å². The molecule has 1 heterocycles. The number of ether oxygens (including phenoxy) is 2. The van der Waals surface area contributed by atoms with E-state index in [-0.39, 0.29) is 30.2 Å². The minimum atomic E-state index is -3.79. The van der Waals surface area contributed by atoms with Crippen LogP contribution >= 0.6 is 0 Å². The molecule has 0 saturated carbocycles. The molecule has 2 rings (SSSR count). The molecular formula is C16H22N2O7S. The van der Waals surface area contributed by atoms with Crippen LogP contribution in [0.5, 0.6) is 5.75 Å². The van der Waals surface area contributed by atoms with Crippen LogP contribution in [-0.4, -0.2) is 81.6 Å². The highest BCUT2D eigenvalue weighted by Gasteiger charge is 2.29. The van der Waals surface area contributed by atoms with Crippen LogP contribution in [-0.2, 0) is 30.8 Å². The Labute approximate surface area is 152 Å². The summed E-state index contributed by atoms with van der Waals surface area (Å²) in [5.74, 6) is -1.36. The first-order valence-electron chi connectivity index (χ1n) is 7.96. The number of carboxylic acid groups (broad SMARTS) is 1. The van der Waals surface area contributed by atoms with E-state index in [1.807, 2.05) is 0 Å². The summed E-state index contributed by atoms with van der Waals surface area (Å²) in [6.45, 7) is 0.708. The number of carbonyl (C=O) groups excluding carboxylic acids is 1. The quantitative estimate of drug-likeness (QED) is 0.690. The van der Waals surface area contributed by atoms with Gasteiger partial charge in [0.1, 0.15) is 17.2 Å². The molecule has 1 amide bonds. The molecule has 1 saturated heterocycles. The number of benzene rings is 1. The van der Waals surface area contributed by atoms with E-state index in [2.05, 4.69) is 0 Å². The van der Waals surface area contributed by atoms with Gasteiger partial charge in [0, 0.05) is 20.1 Å². The lowest BCUT2D eigenvalue weighted by atomic mass is 10.1. The van der Waals surface area contributed by atoms with Crippen molar-refractivity contribution in [3.05, 3.63) is 23.8 Å². The number of sulfonamides is 1. The second kappa shape index (κ2) is 8.47. The van der Waals surface area contributed by atoms with Crippen molar-refractivity contribution in [1.29, 1.82) is 0 Å². The molecule has 1 aromatic rings. The topological polar surface area (TPSA) is 113 Å². The highest BCUT2D eigenvalue weighted by molar-refractivity contribution is 7.89. The van der Waals surface area contributed by atoms with Crippen LogP contribution in [0.3, 0.4) is 0 Å². The van der Waals surface area contributed by atoms with Gasteiger partial charge in [-0.1, -0.05) is 6.07 Å². The van der Waals surface area contributed by atoms with E-state index in [0.717, 1.165) is 4.90 Å². The van der Waals surface area contributed by atoms with Crippen molar-refractivity contribution in [2.75, 3.05) is 47.0 Å². The number of likely N-dealkylation sites (N-methyl/N-ethyl adjacent to an activating group) is 1. The van der Waals surface area contributed by atoms with Gasteiger partial charge in [0.2, 0.25) is 15.9 Å². The van der Waals surface area contributed by atoms with E-state index in [1.165, 1.54) is 30.6 Å². The molecule has 0 unspecified atom stereocenters. The first-order valence-corrected chi connectivity index (χ1v) is 9.40. The smallest absolute Gasteiger partial charge is 0.323 e. The van der Waals surface area contributed by atoms with Crippen LogP contribution in [0.25, 0.3) is 0 Å². The Morgan fingerprint density at radius 2 is 1.96 bits per heavy atom. The number of amides is 1. The lowest BCUT2D eigenvalue weighted by Gasteiger charge is -2.27. The molecule has 0 spiro atoms. The van der Waals surface area contributed by atoms with E-state index < -0.39 is 28.4 Å². The van der Waals surface area contributed by atoms with Gasteiger partial charge in [-0.25, -0.2) is 8.42 Å². The number of hydrogen-bond acceptors (Lipinski definition) is 6. The predicted octanol–water partition coefficient (Wildman–Crippen LogP) is -0.198. The second-order valence-electron chi connectivity index (χ2n) is 5.82. The summed E-state index contributed by atoms with van der Waals surface area (Å²) in [7, 11) is -1.04. The first kappa shape index (κ1) is 20.1. The second-order valence-corrected chi connectivity index (χ2v) is 7.73. The van der Waals surface area contributed by atoms with E-state index in [0.29, 0.717) is 18.8 Å². The molecule has 0 bridgehead atoms. The number of carboxylic acids is 1. The van der Waals surface area contributed by atoms with Crippen molar-refractivity contribution in [3.8, 4) is 5.75 Å². The van der Waals surface area contributed by atoms with Crippen molar-refractivity contribution >= 4 is 21.9 Å². The molecule has 0 radical (unpaired) electrons. The Hall–Kier alpha value is -2.17. The maximum atomic E-state index is 12.9. The average Bonchev–Trinajstić information content (AvgIpc) is 2.61. The number of carbonyl (C=O) groups is 2. The Balaban J connectivity index is 2.28. The normalized spacial score (nSPS) is 15.5. The minimum absolute atomic E-state index is 0.0203. The van der Waals surface area contributed by atoms with E-state index in [9.17, 15) is 18.0 Å². The largest absolute Gasteiger partial charge is 0.495 e. The Morgan fingerprint density at radius 3 is 2.54 bits per heavy atom. The monoisotopic (exact) mass is 386 g/mol. The average molecular weight is 386 g/mol. The molecule has 0 aromatic heterocycles. The van der Waals surface area contributed by atoms with Crippen molar-refractivity contribution in [2.45, 2.75) is 11.3 Å². The van der Waals surface area contributed by atoms with Crippen LogP contribution in [0.15, 0.2) is 23.1 Å². The van der Waals surface area contributed by atoms with Crippen LogP contribution in [0.1, 0.15) is 5.56 Å². The predicted molar refractivity (Wildman–Crippen MR) is 91.5 cm³/mol. The van der Waals surface area contributed by atoms with Gasteiger partial charge in [-0.15, -0.1) is 0 Å². The van der Waals surface area contributed by atoms with Crippen LogP contribution < -0.4 is 4.74 Å². The van der Waals surface area contributed by atoms with Crippen molar-refractivity contribution in [3.63, 3.8) is 0 Å².